The highest BCUT2D eigenvalue weighted by molar-refractivity contribution is 6.31. The molecule has 40 heavy (non-hydrogen) atoms. The molecule has 1 fully saturated rings. The summed E-state index contributed by atoms with van der Waals surface area (Å²) in [4.78, 5) is 30.7. The number of carbonyl (C=O) groups excluding carboxylic acids is 2. The summed E-state index contributed by atoms with van der Waals surface area (Å²) in [6, 6.07) is 9.45. The van der Waals surface area contributed by atoms with Gasteiger partial charge in [-0.2, -0.15) is 0 Å². The number of halogens is 5. The lowest BCUT2D eigenvalue weighted by Crippen LogP contribution is -2.56. The molecule has 4 rings (SSSR count). The lowest BCUT2D eigenvalue weighted by atomic mass is 10.1. The summed E-state index contributed by atoms with van der Waals surface area (Å²) in [5, 5.41) is 9.32. The zero-order valence-corrected chi connectivity index (χ0v) is 22.1. The van der Waals surface area contributed by atoms with E-state index in [1.54, 1.807) is 17.0 Å². The van der Waals surface area contributed by atoms with Gasteiger partial charge in [0.2, 0.25) is 5.91 Å². The van der Waals surface area contributed by atoms with Crippen molar-refractivity contribution < 1.29 is 31.9 Å². The lowest BCUT2D eigenvalue weighted by Gasteiger charge is -2.38. The van der Waals surface area contributed by atoms with Crippen LogP contribution in [0.25, 0.3) is 10.8 Å². The van der Waals surface area contributed by atoms with Crippen LogP contribution in [0.5, 0.6) is 0 Å². The maximum atomic E-state index is 13.6. The molecule has 2 heterocycles. The Morgan fingerprint density at radius 3 is 2.70 bits per heavy atom. The molecule has 2 amide bonds. The molecule has 3 aromatic rings. The van der Waals surface area contributed by atoms with Crippen LogP contribution in [0.2, 0.25) is 5.02 Å². The van der Waals surface area contributed by atoms with Gasteiger partial charge in [0.15, 0.2) is 0 Å². The summed E-state index contributed by atoms with van der Waals surface area (Å²) in [6.45, 7) is -0.366. The molecule has 0 aliphatic carbocycles. The first-order valence-corrected chi connectivity index (χ1v) is 13.0. The van der Waals surface area contributed by atoms with Crippen LogP contribution in [0.1, 0.15) is 18.4 Å². The van der Waals surface area contributed by atoms with Gasteiger partial charge < -0.3 is 15.4 Å². The molecule has 1 atom stereocenters. The second-order valence-electron chi connectivity index (χ2n) is 9.57. The number of amides is 2. The minimum atomic E-state index is -2.67. The molecule has 8 nitrogen and oxygen atoms in total. The van der Waals surface area contributed by atoms with Crippen molar-refractivity contribution in [3.05, 3.63) is 70.9 Å². The van der Waals surface area contributed by atoms with E-state index >= 15 is 0 Å². The molecule has 1 saturated heterocycles. The number of hydrogen-bond acceptors (Lipinski definition) is 6. The smallest absolute Gasteiger partial charge is 0.412 e. The minimum Gasteiger partial charge on any atom is -0.447 e. The molecule has 2 aromatic carbocycles. The molecule has 13 heteroatoms. The second kappa shape index (κ2) is 13.2. The van der Waals surface area contributed by atoms with Crippen LogP contribution >= 0.6 is 11.6 Å². The van der Waals surface area contributed by atoms with E-state index in [1.165, 1.54) is 36.5 Å². The second-order valence-corrected chi connectivity index (χ2v) is 9.95. The first-order valence-electron chi connectivity index (χ1n) is 12.6. The summed E-state index contributed by atoms with van der Waals surface area (Å²) >= 11 is 5.93. The van der Waals surface area contributed by atoms with Gasteiger partial charge in [0.25, 0.3) is 5.92 Å². The van der Waals surface area contributed by atoms with Crippen LogP contribution in [0.3, 0.4) is 0 Å². The zero-order valence-electron chi connectivity index (χ0n) is 21.4. The molecule has 0 unspecified atom stereocenters. The van der Waals surface area contributed by atoms with E-state index in [-0.39, 0.29) is 43.6 Å². The predicted octanol–water partition coefficient (Wildman–Crippen LogP) is 4.72. The number of fused-ring (bicyclic) bond motifs is 1. The number of benzene rings is 2. The molecule has 214 valence electrons. The highest BCUT2D eigenvalue weighted by Crippen LogP contribution is 2.26. The average molecular weight is 582 g/mol. The fourth-order valence-electron chi connectivity index (χ4n) is 4.30. The number of ether oxygens (including phenoxy) is 1. The molecule has 1 aliphatic rings. The average Bonchev–Trinajstić information content (AvgIpc) is 2.88. The Morgan fingerprint density at radius 1 is 1.12 bits per heavy atom. The van der Waals surface area contributed by atoms with Crippen molar-refractivity contribution >= 4 is 40.2 Å². The fraction of sp³-hybridized carbons (Fsp3) is 0.370. The highest BCUT2D eigenvalue weighted by atomic mass is 35.5. The number of pyridine rings is 1. The number of aromatic nitrogens is 1. The van der Waals surface area contributed by atoms with Gasteiger partial charge in [0, 0.05) is 18.1 Å². The topological polar surface area (TPSA) is 95.6 Å². The van der Waals surface area contributed by atoms with Gasteiger partial charge in [-0.15, -0.1) is 0 Å². The highest BCUT2D eigenvalue weighted by Gasteiger charge is 2.43. The lowest BCUT2D eigenvalue weighted by molar-refractivity contribution is -0.130. The molecular weight excluding hydrogens is 554 g/mol. The number of rotatable bonds is 12. The standard InChI is InChI=1S/C27H28ClF4N5O3/c28-25-18(3-1-5-22(25)30)11-33-13-24(38)35-21(4-2-8-37-15-27(31,32)16-37)14-40-26(39)36-23-10-19-9-20(29)7-6-17(19)12-34-23/h1,3,5-7,9-10,12,21,33H,2,4,8,11,13-16H2,(H,35,38)(H,34,36,39)/t21-/m0/s1. The molecule has 1 aromatic heterocycles. The largest absolute Gasteiger partial charge is 0.447 e. The van der Waals surface area contributed by atoms with E-state index in [1.807, 2.05) is 0 Å². The van der Waals surface area contributed by atoms with E-state index in [4.69, 9.17) is 16.3 Å². The predicted molar refractivity (Wildman–Crippen MR) is 142 cm³/mol. The Balaban J connectivity index is 1.28. The van der Waals surface area contributed by atoms with Gasteiger partial charge in [0.1, 0.15) is 24.1 Å². The first-order chi connectivity index (χ1) is 19.1. The summed E-state index contributed by atoms with van der Waals surface area (Å²) in [5.41, 5.74) is 0.488. The maximum Gasteiger partial charge on any atom is 0.412 e. The number of nitrogens with one attached hydrogen (secondary N) is 3. The number of hydrogen-bond donors (Lipinski definition) is 3. The molecule has 3 N–H and O–H groups in total. The van der Waals surface area contributed by atoms with Crippen molar-refractivity contribution in [3.8, 4) is 0 Å². The third-order valence-corrected chi connectivity index (χ3v) is 6.69. The van der Waals surface area contributed by atoms with E-state index in [9.17, 15) is 27.2 Å². The van der Waals surface area contributed by atoms with E-state index in [2.05, 4.69) is 20.9 Å². The third kappa shape index (κ3) is 8.51. The van der Waals surface area contributed by atoms with Gasteiger partial charge in [-0.3, -0.25) is 15.0 Å². The molecule has 0 radical (unpaired) electrons. The molecule has 0 spiro atoms. The number of nitrogens with zero attached hydrogens (tertiary/aromatic N) is 2. The summed E-state index contributed by atoms with van der Waals surface area (Å²) in [7, 11) is 0. The van der Waals surface area contributed by atoms with Crippen molar-refractivity contribution in [1.82, 2.24) is 20.5 Å². The first kappa shape index (κ1) is 29.5. The van der Waals surface area contributed by atoms with Crippen molar-refractivity contribution in [2.24, 2.45) is 0 Å². The summed E-state index contributed by atoms with van der Waals surface area (Å²) < 4.78 is 58.6. The third-order valence-electron chi connectivity index (χ3n) is 6.26. The van der Waals surface area contributed by atoms with Crippen molar-refractivity contribution in [2.75, 3.05) is 38.1 Å². The SMILES string of the molecule is O=C(CNCc1cccc(F)c1Cl)N[C@@H](CCCN1CC(F)(F)C1)COC(=O)Nc1cc2cc(F)ccc2cn1. The van der Waals surface area contributed by atoms with Crippen LogP contribution in [0, 0.1) is 11.6 Å². The Labute approximate surface area is 233 Å². The Bertz CT molecular complexity index is 1350. The van der Waals surface area contributed by atoms with Crippen LogP contribution in [0.4, 0.5) is 28.2 Å². The van der Waals surface area contributed by atoms with Crippen molar-refractivity contribution in [3.63, 3.8) is 0 Å². The summed E-state index contributed by atoms with van der Waals surface area (Å²) in [5.74, 6) is -3.92. The molecule has 0 bridgehead atoms. The van der Waals surface area contributed by atoms with Gasteiger partial charge in [-0.25, -0.2) is 27.3 Å². The zero-order chi connectivity index (χ0) is 28.7. The van der Waals surface area contributed by atoms with Crippen molar-refractivity contribution in [2.45, 2.75) is 31.4 Å². The Morgan fingerprint density at radius 2 is 1.93 bits per heavy atom. The number of anilines is 1. The van der Waals surface area contributed by atoms with Gasteiger partial charge >= 0.3 is 6.09 Å². The Kier molecular flexibility index (Phi) is 9.77. The molecule has 0 saturated carbocycles. The normalized spacial score (nSPS) is 15.3. The van der Waals surface area contributed by atoms with Crippen LogP contribution in [0.15, 0.2) is 48.7 Å². The van der Waals surface area contributed by atoms with Crippen LogP contribution < -0.4 is 16.0 Å². The van der Waals surface area contributed by atoms with Gasteiger partial charge in [-0.1, -0.05) is 23.7 Å². The number of carbonyl (C=O) groups is 2. The fourth-order valence-corrected chi connectivity index (χ4v) is 4.49. The van der Waals surface area contributed by atoms with E-state index < -0.39 is 35.6 Å². The maximum absolute atomic E-state index is 13.6. The quantitative estimate of drug-likeness (QED) is 0.268. The minimum absolute atomic E-state index is 0.0321. The summed E-state index contributed by atoms with van der Waals surface area (Å²) in [6.07, 6.45) is 1.50. The van der Waals surface area contributed by atoms with E-state index in [0.717, 1.165) is 0 Å². The van der Waals surface area contributed by atoms with Gasteiger partial charge in [-0.05, 0) is 60.7 Å². The Hall–Kier alpha value is -3.48. The molecular formula is C27H28ClF4N5O3. The molecule has 1 aliphatic heterocycles. The number of alkyl halides is 2. The van der Waals surface area contributed by atoms with Crippen molar-refractivity contribution in [1.29, 1.82) is 0 Å². The number of likely N-dealkylation sites (tertiary alicyclic amines) is 1. The van der Waals surface area contributed by atoms with Crippen LogP contribution in [-0.4, -0.2) is 66.6 Å². The van der Waals surface area contributed by atoms with Crippen LogP contribution in [-0.2, 0) is 16.1 Å². The van der Waals surface area contributed by atoms with E-state index in [0.29, 0.717) is 35.7 Å². The monoisotopic (exact) mass is 581 g/mol. The van der Waals surface area contributed by atoms with Gasteiger partial charge in [0.05, 0.1) is 30.7 Å².